The van der Waals surface area contributed by atoms with Crippen molar-refractivity contribution in [1.29, 1.82) is 0 Å². The van der Waals surface area contributed by atoms with E-state index in [2.05, 4.69) is 5.32 Å². The average molecular weight is 235 g/mol. The summed E-state index contributed by atoms with van der Waals surface area (Å²) in [5, 5.41) is 11.7. The van der Waals surface area contributed by atoms with Crippen molar-refractivity contribution in [3.63, 3.8) is 0 Å². The molecule has 0 radical (unpaired) electrons. The number of amides is 1. The smallest absolute Gasteiger partial charge is 0.407 e. The second-order valence-electron chi connectivity index (χ2n) is 3.98. The monoisotopic (exact) mass is 235 g/mol. The molecule has 1 amide bonds. The lowest BCUT2D eigenvalue weighted by molar-refractivity contribution is -0.142. The maximum absolute atomic E-state index is 11.2. The molecule has 5 heteroatoms. The molecule has 1 aliphatic rings. The molecule has 0 spiro atoms. The van der Waals surface area contributed by atoms with E-state index in [1.165, 1.54) is 0 Å². The van der Waals surface area contributed by atoms with E-state index in [4.69, 9.17) is 4.74 Å². The SMILES string of the molecule is O=C1N[C@@H]([C@@H](Cc2ccccc2)C(=O)O)CO1. The number of carboxylic acid groups (broad SMARTS) is 1. The summed E-state index contributed by atoms with van der Waals surface area (Å²) in [7, 11) is 0. The molecular formula is C12H13NO4. The number of alkyl carbamates (subject to hydrolysis) is 1. The molecule has 0 bridgehead atoms. The summed E-state index contributed by atoms with van der Waals surface area (Å²) < 4.78 is 4.72. The summed E-state index contributed by atoms with van der Waals surface area (Å²) in [6.45, 7) is 0.114. The number of nitrogens with one attached hydrogen (secondary N) is 1. The summed E-state index contributed by atoms with van der Waals surface area (Å²) >= 11 is 0. The molecule has 0 saturated carbocycles. The minimum Gasteiger partial charge on any atom is -0.481 e. The van der Waals surface area contributed by atoms with E-state index in [9.17, 15) is 14.7 Å². The number of hydrogen-bond donors (Lipinski definition) is 2. The van der Waals surface area contributed by atoms with Crippen molar-refractivity contribution in [3.05, 3.63) is 35.9 Å². The summed E-state index contributed by atoms with van der Waals surface area (Å²) in [5.41, 5.74) is 0.932. The van der Waals surface area contributed by atoms with Crippen LogP contribution in [0.25, 0.3) is 0 Å². The number of hydrogen-bond acceptors (Lipinski definition) is 3. The Bertz CT molecular complexity index is 418. The van der Waals surface area contributed by atoms with Crippen LogP contribution in [0.2, 0.25) is 0 Å². The van der Waals surface area contributed by atoms with Gasteiger partial charge in [0.1, 0.15) is 6.61 Å². The third-order valence-corrected chi connectivity index (χ3v) is 2.80. The first-order valence-electron chi connectivity index (χ1n) is 5.37. The molecule has 1 fully saturated rings. The Labute approximate surface area is 98.4 Å². The zero-order valence-corrected chi connectivity index (χ0v) is 9.13. The van der Waals surface area contributed by atoms with Crippen molar-refractivity contribution in [1.82, 2.24) is 5.32 Å². The summed E-state index contributed by atoms with van der Waals surface area (Å²) in [4.78, 5) is 22.1. The Morgan fingerprint density at radius 2 is 2.18 bits per heavy atom. The number of cyclic esters (lactones) is 1. The molecule has 2 atom stereocenters. The van der Waals surface area contributed by atoms with Gasteiger partial charge in [0.15, 0.2) is 0 Å². The molecule has 0 unspecified atom stereocenters. The van der Waals surface area contributed by atoms with Crippen molar-refractivity contribution < 1.29 is 19.4 Å². The van der Waals surface area contributed by atoms with Crippen LogP contribution in [0.4, 0.5) is 4.79 Å². The fourth-order valence-electron chi connectivity index (χ4n) is 1.89. The topological polar surface area (TPSA) is 75.6 Å². The minimum atomic E-state index is -0.926. The standard InChI is InChI=1S/C12H13NO4/c14-11(15)9(10-7-17-12(16)13-10)6-8-4-2-1-3-5-8/h1-5,9-10H,6-7H2,(H,13,16)(H,14,15)/t9-,10-/m1/s1. The van der Waals surface area contributed by atoms with E-state index in [0.717, 1.165) is 5.56 Å². The first-order chi connectivity index (χ1) is 8.16. The predicted octanol–water partition coefficient (Wildman–Crippen LogP) is 1.04. The van der Waals surface area contributed by atoms with Crippen LogP contribution in [-0.4, -0.2) is 29.8 Å². The summed E-state index contributed by atoms with van der Waals surface area (Å²) in [6.07, 6.45) is -0.167. The maximum atomic E-state index is 11.2. The van der Waals surface area contributed by atoms with Gasteiger partial charge in [-0.15, -0.1) is 0 Å². The Morgan fingerprint density at radius 1 is 1.47 bits per heavy atom. The molecule has 1 aromatic carbocycles. The van der Waals surface area contributed by atoms with Gasteiger partial charge >= 0.3 is 12.1 Å². The van der Waals surface area contributed by atoms with E-state index < -0.39 is 24.0 Å². The van der Waals surface area contributed by atoms with Gasteiger partial charge in [-0.3, -0.25) is 4.79 Å². The molecule has 1 aliphatic heterocycles. The quantitative estimate of drug-likeness (QED) is 0.817. The Kier molecular flexibility index (Phi) is 3.27. The molecule has 0 aromatic heterocycles. The third kappa shape index (κ3) is 2.75. The average Bonchev–Trinajstić information content (AvgIpc) is 2.73. The van der Waals surface area contributed by atoms with Crippen LogP contribution in [0.1, 0.15) is 5.56 Å². The first-order valence-corrected chi connectivity index (χ1v) is 5.37. The zero-order chi connectivity index (χ0) is 12.3. The van der Waals surface area contributed by atoms with Gasteiger partial charge in [-0.2, -0.15) is 0 Å². The van der Waals surface area contributed by atoms with Crippen LogP contribution < -0.4 is 5.32 Å². The number of benzene rings is 1. The second-order valence-corrected chi connectivity index (χ2v) is 3.98. The van der Waals surface area contributed by atoms with Gasteiger partial charge < -0.3 is 15.2 Å². The normalized spacial score (nSPS) is 20.5. The Morgan fingerprint density at radius 3 is 2.71 bits per heavy atom. The van der Waals surface area contributed by atoms with E-state index in [0.29, 0.717) is 6.42 Å². The predicted molar refractivity (Wildman–Crippen MR) is 59.5 cm³/mol. The van der Waals surface area contributed by atoms with Crippen molar-refractivity contribution in [2.75, 3.05) is 6.61 Å². The highest BCUT2D eigenvalue weighted by molar-refractivity contribution is 5.75. The minimum absolute atomic E-state index is 0.114. The van der Waals surface area contributed by atoms with Crippen molar-refractivity contribution in [2.24, 2.45) is 5.92 Å². The van der Waals surface area contributed by atoms with Gasteiger partial charge in [-0.05, 0) is 12.0 Å². The van der Waals surface area contributed by atoms with Crippen LogP contribution in [0.3, 0.4) is 0 Å². The molecule has 0 aliphatic carbocycles. The van der Waals surface area contributed by atoms with Crippen LogP contribution in [0.5, 0.6) is 0 Å². The Balaban J connectivity index is 2.08. The van der Waals surface area contributed by atoms with E-state index in [-0.39, 0.29) is 6.61 Å². The zero-order valence-electron chi connectivity index (χ0n) is 9.13. The molecule has 1 heterocycles. The highest BCUT2D eigenvalue weighted by atomic mass is 16.6. The van der Waals surface area contributed by atoms with Crippen LogP contribution >= 0.6 is 0 Å². The van der Waals surface area contributed by atoms with Crippen molar-refractivity contribution >= 4 is 12.1 Å². The highest BCUT2D eigenvalue weighted by Gasteiger charge is 2.34. The van der Waals surface area contributed by atoms with Gasteiger partial charge in [0.05, 0.1) is 12.0 Å². The van der Waals surface area contributed by atoms with Gasteiger partial charge in [0.2, 0.25) is 0 Å². The molecule has 1 aromatic rings. The number of carbonyl (C=O) groups is 2. The summed E-state index contributed by atoms with van der Waals surface area (Å²) in [5.74, 6) is -1.59. The number of carboxylic acids is 1. The molecular weight excluding hydrogens is 222 g/mol. The van der Waals surface area contributed by atoms with Crippen LogP contribution in [0.15, 0.2) is 30.3 Å². The lowest BCUT2D eigenvalue weighted by Crippen LogP contribution is -2.39. The van der Waals surface area contributed by atoms with Gasteiger partial charge in [-0.1, -0.05) is 30.3 Å². The molecule has 90 valence electrons. The number of carbonyl (C=O) groups excluding carboxylic acids is 1. The largest absolute Gasteiger partial charge is 0.481 e. The maximum Gasteiger partial charge on any atom is 0.407 e. The molecule has 17 heavy (non-hydrogen) atoms. The van der Waals surface area contributed by atoms with Gasteiger partial charge in [0.25, 0.3) is 0 Å². The molecule has 1 saturated heterocycles. The Hall–Kier alpha value is -2.04. The van der Waals surface area contributed by atoms with Crippen molar-refractivity contribution in [2.45, 2.75) is 12.5 Å². The molecule has 2 N–H and O–H groups in total. The molecule has 5 nitrogen and oxygen atoms in total. The highest BCUT2D eigenvalue weighted by Crippen LogP contribution is 2.16. The summed E-state index contributed by atoms with van der Waals surface area (Å²) in [6, 6.07) is 8.87. The van der Waals surface area contributed by atoms with Gasteiger partial charge in [0, 0.05) is 0 Å². The molecule has 2 rings (SSSR count). The van der Waals surface area contributed by atoms with Crippen LogP contribution in [-0.2, 0) is 16.0 Å². The fraction of sp³-hybridized carbons (Fsp3) is 0.333. The number of aliphatic carboxylic acids is 1. The van der Waals surface area contributed by atoms with E-state index in [1.54, 1.807) is 0 Å². The first kappa shape index (κ1) is 11.4. The van der Waals surface area contributed by atoms with E-state index in [1.807, 2.05) is 30.3 Å². The van der Waals surface area contributed by atoms with Crippen molar-refractivity contribution in [3.8, 4) is 0 Å². The second kappa shape index (κ2) is 4.86. The van der Waals surface area contributed by atoms with Crippen LogP contribution in [0, 0.1) is 5.92 Å². The lowest BCUT2D eigenvalue weighted by atomic mass is 9.93. The lowest BCUT2D eigenvalue weighted by Gasteiger charge is -2.17. The number of rotatable bonds is 4. The number of ether oxygens (including phenoxy) is 1. The van der Waals surface area contributed by atoms with E-state index >= 15 is 0 Å². The third-order valence-electron chi connectivity index (χ3n) is 2.80. The van der Waals surface area contributed by atoms with Gasteiger partial charge in [-0.25, -0.2) is 4.79 Å². The fourth-order valence-corrected chi connectivity index (χ4v) is 1.89.